The van der Waals surface area contributed by atoms with Crippen LogP contribution in [-0.2, 0) is 0 Å². The van der Waals surface area contributed by atoms with E-state index in [1.54, 1.807) is 30.6 Å². The first-order valence-corrected chi connectivity index (χ1v) is 7.22. The van der Waals surface area contributed by atoms with E-state index in [-0.39, 0.29) is 5.91 Å². The lowest BCUT2D eigenvalue weighted by Crippen LogP contribution is -2.27. The number of carbonyl (C=O) groups is 1. The number of nitrogens with zero attached hydrogens (tertiary/aromatic N) is 2. The molecule has 5 nitrogen and oxygen atoms in total. The highest BCUT2D eigenvalue weighted by Gasteiger charge is 2.12. The Kier molecular flexibility index (Phi) is 3.87. The minimum atomic E-state index is -0.0958. The van der Waals surface area contributed by atoms with E-state index in [0.717, 1.165) is 5.56 Å². The fraction of sp³-hybridized carbons (Fsp3) is 0.235. The zero-order chi connectivity index (χ0) is 15.5. The summed E-state index contributed by atoms with van der Waals surface area (Å²) in [6.07, 6.45) is 3.39. The Morgan fingerprint density at radius 1 is 1.32 bits per heavy atom. The van der Waals surface area contributed by atoms with Crippen LogP contribution in [0.3, 0.4) is 0 Å². The largest absolute Gasteiger partial charge is 0.436 e. The van der Waals surface area contributed by atoms with Gasteiger partial charge in [0.2, 0.25) is 5.89 Å². The van der Waals surface area contributed by atoms with Crippen molar-refractivity contribution in [2.24, 2.45) is 5.92 Å². The van der Waals surface area contributed by atoms with Gasteiger partial charge in [-0.15, -0.1) is 0 Å². The number of aromatic nitrogens is 2. The molecule has 1 N–H and O–H groups in total. The Morgan fingerprint density at radius 2 is 2.18 bits per heavy atom. The summed E-state index contributed by atoms with van der Waals surface area (Å²) in [5.74, 6) is 0.821. The molecule has 3 rings (SSSR count). The number of benzene rings is 1. The fourth-order valence-corrected chi connectivity index (χ4v) is 2.08. The molecule has 0 radical (unpaired) electrons. The Balaban J connectivity index is 1.89. The van der Waals surface area contributed by atoms with Gasteiger partial charge in [-0.05, 0) is 36.2 Å². The average Bonchev–Trinajstić information content (AvgIpc) is 2.96. The van der Waals surface area contributed by atoms with Crippen molar-refractivity contribution in [1.29, 1.82) is 0 Å². The van der Waals surface area contributed by atoms with Gasteiger partial charge in [0.05, 0.1) is 5.56 Å². The van der Waals surface area contributed by atoms with Gasteiger partial charge >= 0.3 is 0 Å². The molecule has 1 amide bonds. The average molecular weight is 295 g/mol. The van der Waals surface area contributed by atoms with Gasteiger partial charge < -0.3 is 9.73 Å². The first kappa shape index (κ1) is 14.3. The summed E-state index contributed by atoms with van der Waals surface area (Å²) in [7, 11) is 0. The summed E-state index contributed by atoms with van der Waals surface area (Å²) >= 11 is 0. The molecule has 0 bridgehead atoms. The number of hydrogen-bond donors (Lipinski definition) is 1. The lowest BCUT2D eigenvalue weighted by Gasteiger charge is -2.07. The number of nitrogens with one attached hydrogen (secondary N) is 1. The second kappa shape index (κ2) is 5.97. The predicted molar refractivity (Wildman–Crippen MR) is 84.4 cm³/mol. The molecule has 0 unspecified atom stereocenters. The molecule has 112 valence electrons. The molecule has 0 atom stereocenters. The number of fused-ring (bicyclic) bond motifs is 1. The number of pyridine rings is 1. The van der Waals surface area contributed by atoms with Crippen LogP contribution in [0.15, 0.2) is 47.1 Å². The molecule has 0 spiro atoms. The van der Waals surface area contributed by atoms with Crippen molar-refractivity contribution in [3.63, 3.8) is 0 Å². The maximum atomic E-state index is 12.1. The minimum absolute atomic E-state index is 0.0958. The predicted octanol–water partition coefficient (Wildman–Crippen LogP) is 3.28. The number of rotatable bonds is 4. The molecule has 0 aliphatic carbocycles. The van der Waals surface area contributed by atoms with Gasteiger partial charge in [0.25, 0.3) is 5.91 Å². The van der Waals surface area contributed by atoms with E-state index in [1.807, 2.05) is 12.1 Å². The van der Waals surface area contributed by atoms with E-state index in [4.69, 9.17) is 4.42 Å². The Bertz CT molecular complexity index is 794. The third kappa shape index (κ3) is 2.98. The van der Waals surface area contributed by atoms with Crippen LogP contribution in [-0.4, -0.2) is 22.4 Å². The zero-order valence-corrected chi connectivity index (χ0v) is 12.5. The van der Waals surface area contributed by atoms with Crippen molar-refractivity contribution in [3.05, 3.63) is 48.3 Å². The molecule has 0 saturated heterocycles. The topological polar surface area (TPSA) is 68.0 Å². The Hall–Kier alpha value is -2.69. The van der Waals surface area contributed by atoms with Crippen LogP contribution < -0.4 is 5.32 Å². The third-order valence-corrected chi connectivity index (χ3v) is 3.23. The van der Waals surface area contributed by atoms with E-state index in [9.17, 15) is 4.79 Å². The fourth-order valence-electron chi connectivity index (χ4n) is 2.08. The highest BCUT2D eigenvalue weighted by atomic mass is 16.3. The standard InChI is InChI=1S/C17H17N3O2/c1-11(2)9-19-16(21)12-5-6-15-14(8-12)20-17(22-15)13-4-3-7-18-10-13/h3-8,10-11H,9H2,1-2H3,(H,19,21). The van der Waals surface area contributed by atoms with Crippen LogP contribution in [0, 0.1) is 5.92 Å². The van der Waals surface area contributed by atoms with Crippen LogP contribution in [0.5, 0.6) is 0 Å². The van der Waals surface area contributed by atoms with Gasteiger partial charge in [-0.1, -0.05) is 13.8 Å². The van der Waals surface area contributed by atoms with Crippen LogP contribution in [0.2, 0.25) is 0 Å². The van der Waals surface area contributed by atoms with Crippen molar-refractivity contribution in [2.75, 3.05) is 6.54 Å². The van der Waals surface area contributed by atoms with Crippen molar-refractivity contribution in [1.82, 2.24) is 15.3 Å². The lowest BCUT2D eigenvalue weighted by atomic mass is 10.1. The summed E-state index contributed by atoms with van der Waals surface area (Å²) in [4.78, 5) is 20.6. The van der Waals surface area contributed by atoms with E-state index in [1.165, 1.54) is 0 Å². The molecule has 2 heterocycles. The zero-order valence-electron chi connectivity index (χ0n) is 12.5. The molecular formula is C17H17N3O2. The summed E-state index contributed by atoms with van der Waals surface area (Å²) in [6.45, 7) is 4.76. The number of oxazole rings is 1. The second-order valence-corrected chi connectivity index (χ2v) is 5.55. The number of hydrogen-bond acceptors (Lipinski definition) is 4. The van der Waals surface area contributed by atoms with Crippen molar-refractivity contribution < 1.29 is 9.21 Å². The molecule has 3 aromatic rings. The molecule has 0 fully saturated rings. The quantitative estimate of drug-likeness (QED) is 0.802. The molecule has 22 heavy (non-hydrogen) atoms. The first-order chi connectivity index (χ1) is 10.6. The molecule has 0 aliphatic rings. The number of carbonyl (C=O) groups excluding carboxylic acids is 1. The molecular weight excluding hydrogens is 278 g/mol. The molecule has 2 aromatic heterocycles. The minimum Gasteiger partial charge on any atom is -0.436 e. The summed E-state index contributed by atoms with van der Waals surface area (Å²) < 4.78 is 5.70. The van der Waals surface area contributed by atoms with Gasteiger partial charge in [-0.25, -0.2) is 4.98 Å². The third-order valence-electron chi connectivity index (χ3n) is 3.23. The Morgan fingerprint density at radius 3 is 2.91 bits per heavy atom. The van der Waals surface area contributed by atoms with Crippen LogP contribution in [0.4, 0.5) is 0 Å². The van der Waals surface area contributed by atoms with Gasteiger partial charge in [-0.2, -0.15) is 0 Å². The second-order valence-electron chi connectivity index (χ2n) is 5.55. The maximum absolute atomic E-state index is 12.1. The molecule has 1 aromatic carbocycles. The van der Waals surface area contributed by atoms with Crippen molar-refractivity contribution >= 4 is 17.0 Å². The van der Waals surface area contributed by atoms with E-state index >= 15 is 0 Å². The monoisotopic (exact) mass is 295 g/mol. The van der Waals surface area contributed by atoms with E-state index in [0.29, 0.717) is 35.0 Å². The summed E-state index contributed by atoms with van der Waals surface area (Å²) in [6, 6.07) is 8.97. The molecule has 5 heteroatoms. The van der Waals surface area contributed by atoms with Gasteiger partial charge in [-0.3, -0.25) is 9.78 Å². The van der Waals surface area contributed by atoms with Crippen molar-refractivity contribution in [2.45, 2.75) is 13.8 Å². The highest BCUT2D eigenvalue weighted by Crippen LogP contribution is 2.24. The SMILES string of the molecule is CC(C)CNC(=O)c1ccc2oc(-c3cccnc3)nc2c1. The normalized spacial score (nSPS) is 11.0. The van der Waals surface area contributed by atoms with Crippen LogP contribution in [0.1, 0.15) is 24.2 Å². The van der Waals surface area contributed by atoms with Gasteiger partial charge in [0.1, 0.15) is 5.52 Å². The van der Waals surface area contributed by atoms with Crippen LogP contribution in [0.25, 0.3) is 22.6 Å². The highest BCUT2D eigenvalue weighted by molar-refractivity contribution is 5.97. The molecule has 0 saturated carbocycles. The lowest BCUT2D eigenvalue weighted by molar-refractivity contribution is 0.0949. The smallest absolute Gasteiger partial charge is 0.251 e. The number of amides is 1. The van der Waals surface area contributed by atoms with Crippen molar-refractivity contribution in [3.8, 4) is 11.5 Å². The van der Waals surface area contributed by atoms with Gasteiger partial charge in [0.15, 0.2) is 5.58 Å². The van der Waals surface area contributed by atoms with E-state index < -0.39 is 0 Å². The first-order valence-electron chi connectivity index (χ1n) is 7.22. The van der Waals surface area contributed by atoms with Gasteiger partial charge in [0, 0.05) is 24.5 Å². The maximum Gasteiger partial charge on any atom is 0.251 e. The summed E-state index contributed by atoms with van der Waals surface area (Å²) in [5.41, 5.74) is 2.71. The summed E-state index contributed by atoms with van der Waals surface area (Å²) in [5, 5.41) is 2.89. The van der Waals surface area contributed by atoms with Crippen LogP contribution >= 0.6 is 0 Å². The van der Waals surface area contributed by atoms with E-state index in [2.05, 4.69) is 29.1 Å². The molecule has 0 aliphatic heterocycles. The Labute approximate surface area is 128 Å².